The molecule has 0 aliphatic carbocycles. The Balaban J connectivity index is 0.00000272. The molecular weight excluding hydrogens is 450 g/mol. The fraction of sp³-hybridized carbons (Fsp3) is 0.292. The Morgan fingerprint density at radius 3 is 2.38 bits per heavy atom. The van der Waals surface area contributed by atoms with Gasteiger partial charge in [-0.05, 0) is 47.9 Å². The number of aliphatic hydroxyl groups is 1. The second-order valence-corrected chi connectivity index (χ2v) is 7.85. The average Bonchev–Trinajstić information content (AvgIpc) is 2.73. The third kappa shape index (κ3) is 5.86. The Kier molecular flexibility index (Phi) is 9.20. The van der Waals surface area contributed by atoms with Crippen LogP contribution in [0, 0.1) is 6.92 Å². The summed E-state index contributed by atoms with van der Waals surface area (Å²) in [4.78, 5) is 3.93. The van der Waals surface area contributed by atoms with E-state index in [1.54, 1.807) is 13.0 Å². The van der Waals surface area contributed by atoms with E-state index in [1.165, 1.54) is 37.4 Å². The number of nitrogens with zero attached hydrogens (tertiary/aromatic N) is 1. The van der Waals surface area contributed by atoms with Crippen molar-refractivity contribution in [3.05, 3.63) is 94.3 Å². The maximum Gasteiger partial charge on any atom is 1.00 e. The van der Waals surface area contributed by atoms with Crippen molar-refractivity contribution in [1.82, 2.24) is 4.98 Å². The monoisotopic (exact) mass is 473 g/mol. The molecule has 3 rings (SSSR count). The number of aromatic nitrogens is 1. The molecule has 32 heavy (non-hydrogen) atoms. The molecule has 0 radical (unpaired) electrons. The molecule has 166 valence electrons. The van der Waals surface area contributed by atoms with Gasteiger partial charge >= 0.3 is 35.7 Å². The van der Waals surface area contributed by atoms with Crippen molar-refractivity contribution >= 4 is 11.6 Å². The summed E-state index contributed by atoms with van der Waals surface area (Å²) in [5.41, 5.74) is -1.74. The Morgan fingerprint density at radius 1 is 1.09 bits per heavy atom. The van der Waals surface area contributed by atoms with Gasteiger partial charge in [0.1, 0.15) is 5.75 Å². The zero-order chi connectivity index (χ0) is 22.6. The minimum atomic E-state index is -4.92. The number of hydrogen-bond acceptors (Lipinski definition) is 3. The zero-order valence-corrected chi connectivity index (χ0v) is 20.9. The number of rotatable bonds is 7. The van der Waals surface area contributed by atoms with E-state index in [1.807, 2.05) is 30.3 Å². The van der Waals surface area contributed by atoms with Crippen LogP contribution in [0.25, 0.3) is 0 Å². The summed E-state index contributed by atoms with van der Waals surface area (Å²) in [6, 6.07) is 16.7. The van der Waals surface area contributed by atoms with Crippen LogP contribution in [0.4, 0.5) is 13.2 Å². The number of hydrogen-bond donors (Lipinski definition) is 1. The van der Waals surface area contributed by atoms with E-state index in [0.717, 1.165) is 5.56 Å². The van der Waals surface area contributed by atoms with E-state index >= 15 is 0 Å². The van der Waals surface area contributed by atoms with Crippen molar-refractivity contribution < 1.29 is 54.0 Å². The molecule has 0 fully saturated rings. The largest absolute Gasteiger partial charge is 1.00 e. The molecule has 0 saturated carbocycles. The molecule has 1 N–H and O–H groups in total. The van der Waals surface area contributed by atoms with Gasteiger partial charge in [-0.15, -0.1) is 0 Å². The number of ether oxygens (including phenoxy) is 1. The van der Waals surface area contributed by atoms with Crippen molar-refractivity contribution in [3.63, 3.8) is 0 Å². The molecule has 0 saturated heterocycles. The number of pyridine rings is 1. The van der Waals surface area contributed by atoms with Crippen LogP contribution in [0.2, 0.25) is 5.02 Å². The van der Waals surface area contributed by atoms with Gasteiger partial charge in [-0.25, -0.2) is 0 Å². The van der Waals surface area contributed by atoms with Crippen molar-refractivity contribution in [2.75, 3.05) is 6.61 Å². The fourth-order valence-electron chi connectivity index (χ4n) is 3.55. The molecule has 2 atom stereocenters. The third-order valence-corrected chi connectivity index (χ3v) is 5.66. The van der Waals surface area contributed by atoms with Gasteiger partial charge in [0.2, 0.25) is 0 Å². The van der Waals surface area contributed by atoms with Crippen LogP contribution in [0.5, 0.6) is 5.75 Å². The first-order valence-corrected chi connectivity index (χ1v) is 10.2. The Morgan fingerprint density at radius 2 is 1.78 bits per heavy atom. The maximum atomic E-state index is 14.1. The molecule has 8 heteroatoms. The van der Waals surface area contributed by atoms with Gasteiger partial charge in [-0.2, -0.15) is 13.2 Å². The van der Waals surface area contributed by atoms with E-state index in [-0.39, 0.29) is 47.1 Å². The first kappa shape index (κ1) is 26.7. The van der Waals surface area contributed by atoms with Gasteiger partial charge in [0, 0.05) is 29.3 Å². The average molecular weight is 474 g/mol. The summed E-state index contributed by atoms with van der Waals surface area (Å²) >= 11 is 6.32. The summed E-state index contributed by atoms with van der Waals surface area (Å²) in [7, 11) is 0. The molecule has 0 bridgehead atoms. The van der Waals surface area contributed by atoms with Crippen molar-refractivity contribution in [3.8, 4) is 5.75 Å². The number of alkyl halides is 3. The number of halogens is 4. The summed E-state index contributed by atoms with van der Waals surface area (Å²) in [6.45, 7) is 3.28. The van der Waals surface area contributed by atoms with Crippen LogP contribution in [0.15, 0.2) is 66.9 Å². The van der Waals surface area contributed by atoms with Gasteiger partial charge in [-0.1, -0.05) is 54.9 Å². The Hall–Kier alpha value is -1.57. The van der Waals surface area contributed by atoms with E-state index in [4.69, 9.17) is 16.3 Å². The summed E-state index contributed by atoms with van der Waals surface area (Å²) < 4.78 is 47.9. The van der Waals surface area contributed by atoms with Gasteiger partial charge in [0.25, 0.3) is 0 Å². The van der Waals surface area contributed by atoms with Crippen LogP contribution in [-0.2, 0) is 12.0 Å². The molecule has 1 heterocycles. The third-order valence-electron chi connectivity index (χ3n) is 5.34. The van der Waals surface area contributed by atoms with Crippen molar-refractivity contribution in [2.45, 2.75) is 38.0 Å². The van der Waals surface area contributed by atoms with Gasteiger partial charge < -0.3 is 11.3 Å². The molecule has 0 aliphatic heterocycles. The van der Waals surface area contributed by atoms with Crippen LogP contribution < -0.4 is 34.3 Å². The smallest absolute Gasteiger partial charge is 1.00 e. The molecule has 2 aromatic carbocycles. The predicted octanol–water partition coefficient (Wildman–Crippen LogP) is 3.34. The minimum absolute atomic E-state index is 0. The number of aryl methyl sites for hydroxylation is 1. The van der Waals surface area contributed by atoms with Crippen molar-refractivity contribution in [1.29, 1.82) is 0 Å². The SMILES string of the molecule is Cc1cc(C(O)(C(C)c2ccc(OCCc3ccccc3)cc2Cl)C(F)(F)F)ccn1.[H-].[Na+]. The second-order valence-electron chi connectivity index (χ2n) is 7.44. The van der Waals surface area contributed by atoms with E-state index in [2.05, 4.69) is 4.98 Å². The van der Waals surface area contributed by atoms with Gasteiger partial charge in [0.15, 0.2) is 5.60 Å². The van der Waals surface area contributed by atoms with Gasteiger partial charge in [0.05, 0.1) is 6.61 Å². The molecule has 3 aromatic rings. The first-order chi connectivity index (χ1) is 14.6. The molecule has 2 unspecified atom stereocenters. The standard InChI is InChI=1S/C24H23ClF3NO2.Na.H/c1-16-14-19(10-12-29-16)23(30,24(26,27)28)17(2)21-9-8-20(15-22(21)25)31-13-11-18-6-4-3-5-7-18;;/h3-10,12,14-15,17,30H,11,13H2,1-2H3;;/q;+1;-1. The molecular formula is C24H24ClF3NNaO2. The Bertz CT molecular complexity index is 1040. The van der Waals surface area contributed by atoms with Crippen LogP contribution >= 0.6 is 11.6 Å². The number of benzene rings is 2. The Labute approximate surface area is 214 Å². The normalized spacial score (nSPS) is 14.2. The zero-order valence-electron chi connectivity index (χ0n) is 19.2. The van der Waals surface area contributed by atoms with E-state index in [9.17, 15) is 18.3 Å². The first-order valence-electron chi connectivity index (χ1n) is 9.81. The van der Waals surface area contributed by atoms with E-state index in [0.29, 0.717) is 24.5 Å². The summed E-state index contributed by atoms with van der Waals surface area (Å²) in [6.07, 6.45) is -2.99. The summed E-state index contributed by atoms with van der Waals surface area (Å²) in [5.74, 6) is -0.910. The van der Waals surface area contributed by atoms with Crippen molar-refractivity contribution in [2.24, 2.45) is 0 Å². The predicted molar refractivity (Wildman–Crippen MR) is 116 cm³/mol. The second kappa shape index (κ2) is 11.0. The maximum absolute atomic E-state index is 14.1. The molecule has 0 spiro atoms. The van der Waals surface area contributed by atoms with E-state index < -0.39 is 17.7 Å². The van der Waals surface area contributed by atoms with Gasteiger partial charge in [-0.3, -0.25) is 4.98 Å². The quantitative estimate of drug-likeness (QED) is 0.535. The minimum Gasteiger partial charge on any atom is -1.00 e. The molecule has 3 nitrogen and oxygen atoms in total. The fourth-order valence-corrected chi connectivity index (χ4v) is 3.88. The summed E-state index contributed by atoms with van der Waals surface area (Å²) in [5, 5.41) is 11.0. The topological polar surface area (TPSA) is 42.4 Å². The molecule has 1 aromatic heterocycles. The molecule has 0 aliphatic rings. The van der Waals surface area contributed by atoms with Crippen LogP contribution in [0.3, 0.4) is 0 Å². The molecule has 0 amide bonds. The van der Waals surface area contributed by atoms with Crippen LogP contribution in [-0.4, -0.2) is 22.9 Å². The van der Waals surface area contributed by atoms with Crippen LogP contribution in [0.1, 0.15) is 36.7 Å².